The third-order valence-corrected chi connectivity index (χ3v) is 5.48. The molecule has 0 spiro atoms. The van der Waals surface area contributed by atoms with Gasteiger partial charge in [-0.2, -0.15) is 0 Å². The number of hydrogen-bond donors (Lipinski definition) is 1. The van der Waals surface area contributed by atoms with Crippen LogP contribution in [0.2, 0.25) is 5.02 Å². The minimum Gasteiger partial charge on any atom is -0.497 e. The monoisotopic (exact) mass is 424 g/mol. The van der Waals surface area contributed by atoms with E-state index in [1.807, 2.05) is 53.1 Å². The van der Waals surface area contributed by atoms with Gasteiger partial charge in [-0.1, -0.05) is 23.4 Å². The normalized spacial score (nSPS) is 10.8. The second kappa shape index (κ2) is 8.55. The van der Waals surface area contributed by atoms with Gasteiger partial charge in [0.25, 0.3) is 0 Å². The molecule has 4 aromatic rings. The minimum absolute atomic E-state index is 0.00248. The van der Waals surface area contributed by atoms with Crippen molar-refractivity contribution in [3.8, 4) is 22.8 Å². The van der Waals surface area contributed by atoms with Crippen LogP contribution in [0.5, 0.6) is 5.75 Å². The van der Waals surface area contributed by atoms with Gasteiger partial charge in [-0.25, -0.2) is 0 Å². The highest BCUT2D eigenvalue weighted by Crippen LogP contribution is 2.29. The number of carbonyl (C=O) groups is 1. The van der Waals surface area contributed by atoms with E-state index >= 15 is 0 Å². The van der Waals surface area contributed by atoms with Crippen molar-refractivity contribution < 1.29 is 9.53 Å². The van der Waals surface area contributed by atoms with E-state index in [1.165, 1.54) is 11.8 Å². The number of hydrogen-bond acceptors (Lipinski definition) is 5. The number of carbonyl (C=O) groups excluding carboxylic acids is 1. The number of methoxy groups -OCH3 is 1. The van der Waals surface area contributed by atoms with Crippen molar-refractivity contribution in [1.29, 1.82) is 0 Å². The van der Waals surface area contributed by atoms with Gasteiger partial charge in [-0.05, 0) is 60.7 Å². The predicted molar refractivity (Wildman–Crippen MR) is 114 cm³/mol. The quantitative estimate of drug-likeness (QED) is 0.337. The highest BCUT2D eigenvalue weighted by Gasteiger charge is 2.18. The number of halogens is 1. The maximum atomic E-state index is 12.4. The standard InChI is InChI=1S/C21H17ClN4O2S/c1-28-17-10-8-16(9-11-17)26-20(14-4-6-15(22)7-5-14)24-25-21(26)29-13-19(27)18-3-2-12-23-18/h2-12,23H,13H2,1H3. The maximum Gasteiger partial charge on any atom is 0.196 e. The summed E-state index contributed by atoms with van der Waals surface area (Å²) in [5.74, 6) is 1.67. The maximum absolute atomic E-state index is 12.4. The molecule has 2 aromatic carbocycles. The number of ketones is 1. The molecule has 1 N–H and O–H groups in total. The molecule has 0 radical (unpaired) electrons. The first-order valence-corrected chi connectivity index (χ1v) is 10.2. The fourth-order valence-corrected chi connectivity index (χ4v) is 3.79. The Morgan fingerprint density at radius 3 is 2.52 bits per heavy atom. The fraction of sp³-hybridized carbons (Fsp3) is 0.0952. The summed E-state index contributed by atoms with van der Waals surface area (Å²) in [5, 5.41) is 9.98. The van der Waals surface area contributed by atoms with Gasteiger partial charge in [0.05, 0.1) is 18.6 Å². The fourth-order valence-electron chi connectivity index (χ4n) is 2.83. The molecule has 0 saturated heterocycles. The molecule has 8 heteroatoms. The van der Waals surface area contributed by atoms with Crippen molar-refractivity contribution in [3.63, 3.8) is 0 Å². The molecule has 0 aliphatic carbocycles. The highest BCUT2D eigenvalue weighted by atomic mass is 35.5. The Morgan fingerprint density at radius 2 is 1.86 bits per heavy atom. The van der Waals surface area contributed by atoms with Crippen LogP contribution >= 0.6 is 23.4 Å². The first-order valence-electron chi connectivity index (χ1n) is 8.81. The van der Waals surface area contributed by atoms with Crippen molar-refractivity contribution in [2.75, 3.05) is 12.9 Å². The Labute approximate surface area is 176 Å². The third-order valence-electron chi connectivity index (χ3n) is 4.30. The van der Waals surface area contributed by atoms with Crippen molar-refractivity contribution in [1.82, 2.24) is 19.7 Å². The molecule has 0 aliphatic heterocycles. The average Bonchev–Trinajstić information content (AvgIpc) is 3.43. The zero-order chi connectivity index (χ0) is 20.2. The summed E-state index contributed by atoms with van der Waals surface area (Å²) in [6, 6.07) is 18.6. The van der Waals surface area contributed by atoms with Crippen LogP contribution < -0.4 is 4.74 Å². The van der Waals surface area contributed by atoms with Crippen LogP contribution in [0, 0.1) is 0 Å². The van der Waals surface area contributed by atoms with E-state index in [1.54, 1.807) is 25.4 Å². The Hall–Kier alpha value is -3.03. The van der Waals surface area contributed by atoms with Gasteiger partial charge < -0.3 is 9.72 Å². The van der Waals surface area contributed by atoms with Crippen molar-refractivity contribution in [3.05, 3.63) is 77.6 Å². The molecule has 29 heavy (non-hydrogen) atoms. The van der Waals surface area contributed by atoms with Crippen LogP contribution in [-0.4, -0.2) is 38.4 Å². The number of aromatic nitrogens is 4. The molecule has 0 unspecified atom stereocenters. The van der Waals surface area contributed by atoms with E-state index in [0.29, 0.717) is 21.7 Å². The molecular formula is C21H17ClN4O2S. The number of thioether (sulfide) groups is 1. The molecule has 2 aromatic heterocycles. The van der Waals surface area contributed by atoms with Gasteiger partial charge in [-0.3, -0.25) is 9.36 Å². The van der Waals surface area contributed by atoms with Gasteiger partial charge in [0.2, 0.25) is 0 Å². The van der Waals surface area contributed by atoms with E-state index < -0.39 is 0 Å². The Balaban J connectivity index is 1.70. The summed E-state index contributed by atoms with van der Waals surface area (Å²) in [5.41, 5.74) is 2.32. The number of ether oxygens (including phenoxy) is 1. The average molecular weight is 425 g/mol. The SMILES string of the molecule is COc1ccc(-n2c(SCC(=O)c3ccc[nH]3)nnc2-c2ccc(Cl)cc2)cc1. The topological polar surface area (TPSA) is 72.8 Å². The number of nitrogens with zero attached hydrogens (tertiary/aromatic N) is 3. The molecule has 0 amide bonds. The zero-order valence-corrected chi connectivity index (χ0v) is 17.1. The van der Waals surface area contributed by atoms with Crippen molar-refractivity contribution in [2.24, 2.45) is 0 Å². The van der Waals surface area contributed by atoms with Gasteiger partial charge in [0.15, 0.2) is 16.8 Å². The van der Waals surface area contributed by atoms with Crippen LogP contribution in [0.3, 0.4) is 0 Å². The highest BCUT2D eigenvalue weighted by molar-refractivity contribution is 7.99. The molecule has 0 bridgehead atoms. The lowest BCUT2D eigenvalue weighted by Gasteiger charge is -2.11. The summed E-state index contributed by atoms with van der Waals surface area (Å²) in [7, 11) is 1.63. The lowest BCUT2D eigenvalue weighted by Crippen LogP contribution is -2.05. The van der Waals surface area contributed by atoms with Gasteiger partial charge in [-0.15, -0.1) is 10.2 Å². The summed E-state index contributed by atoms with van der Waals surface area (Å²) < 4.78 is 7.18. The zero-order valence-electron chi connectivity index (χ0n) is 15.5. The number of benzene rings is 2. The number of nitrogens with one attached hydrogen (secondary N) is 1. The van der Waals surface area contributed by atoms with Crippen LogP contribution in [0.1, 0.15) is 10.5 Å². The largest absolute Gasteiger partial charge is 0.497 e. The second-order valence-electron chi connectivity index (χ2n) is 6.14. The van der Waals surface area contributed by atoms with Crippen LogP contribution in [0.25, 0.3) is 17.1 Å². The second-order valence-corrected chi connectivity index (χ2v) is 7.52. The first-order chi connectivity index (χ1) is 14.2. The number of rotatable bonds is 7. The molecule has 0 saturated carbocycles. The van der Waals surface area contributed by atoms with Gasteiger partial charge in [0, 0.05) is 22.5 Å². The lowest BCUT2D eigenvalue weighted by atomic mass is 10.2. The summed E-state index contributed by atoms with van der Waals surface area (Å²) >= 11 is 7.37. The third kappa shape index (κ3) is 4.21. The minimum atomic E-state index is -0.00248. The van der Waals surface area contributed by atoms with E-state index in [2.05, 4.69) is 15.2 Å². The lowest BCUT2D eigenvalue weighted by molar-refractivity contribution is 0.101. The van der Waals surface area contributed by atoms with Crippen LogP contribution in [0.4, 0.5) is 0 Å². The number of Topliss-reactive ketones (excluding diaryl/α,β-unsaturated/α-hetero) is 1. The van der Waals surface area contributed by atoms with E-state index in [0.717, 1.165) is 17.0 Å². The van der Waals surface area contributed by atoms with Crippen LogP contribution in [-0.2, 0) is 0 Å². The molecule has 4 rings (SSSR count). The van der Waals surface area contributed by atoms with Crippen molar-refractivity contribution >= 4 is 29.1 Å². The summed E-state index contributed by atoms with van der Waals surface area (Å²) in [4.78, 5) is 15.3. The molecule has 6 nitrogen and oxygen atoms in total. The Morgan fingerprint density at radius 1 is 1.10 bits per heavy atom. The molecule has 146 valence electrons. The smallest absolute Gasteiger partial charge is 0.196 e. The Kier molecular flexibility index (Phi) is 5.69. The molecule has 0 aliphatic rings. The van der Waals surface area contributed by atoms with E-state index in [9.17, 15) is 4.79 Å². The van der Waals surface area contributed by atoms with Gasteiger partial charge >= 0.3 is 0 Å². The van der Waals surface area contributed by atoms with Crippen LogP contribution in [0.15, 0.2) is 72.0 Å². The Bertz CT molecular complexity index is 1110. The summed E-state index contributed by atoms with van der Waals surface area (Å²) in [6.07, 6.45) is 1.73. The molecular weight excluding hydrogens is 408 g/mol. The first kappa shape index (κ1) is 19.3. The molecule has 2 heterocycles. The molecule has 0 atom stereocenters. The number of aromatic amines is 1. The number of H-pyrrole nitrogens is 1. The van der Waals surface area contributed by atoms with E-state index in [-0.39, 0.29) is 11.5 Å². The van der Waals surface area contributed by atoms with Gasteiger partial charge in [0.1, 0.15) is 5.75 Å². The van der Waals surface area contributed by atoms with Crippen molar-refractivity contribution in [2.45, 2.75) is 5.16 Å². The summed E-state index contributed by atoms with van der Waals surface area (Å²) in [6.45, 7) is 0. The molecule has 0 fully saturated rings. The predicted octanol–water partition coefficient (Wildman–Crippen LogP) is 4.90. The van der Waals surface area contributed by atoms with E-state index in [4.69, 9.17) is 16.3 Å².